The van der Waals surface area contributed by atoms with Gasteiger partial charge in [0.15, 0.2) is 0 Å². The number of ether oxygens (including phenoxy) is 1. The van der Waals surface area contributed by atoms with Gasteiger partial charge in [-0.05, 0) is 18.3 Å². The fourth-order valence-corrected chi connectivity index (χ4v) is 1.25. The van der Waals surface area contributed by atoms with Gasteiger partial charge in [-0.1, -0.05) is 27.7 Å². The molecule has 0 fully saturated rings. The molecule has 0 aliphatic heterocycles. The van der Waals surface area contributed by atoms with Crippen molar-refractivity contribution in [2.45, 2.75) is 34.1 Å². The first-order valence-corrected chi connectivity index (χ1v) is 5.22. The van der Waals surface area contributed by atoms with Crippen LogP contribution in [0.2, 0.25) is 0 Å². The zero-order valence-corrected chi connectivity index (χ0v) is 9.58. The third kappa shape index (κ3) is 6.89. The van der Waals surface area contributed by atoms with Crippen LogP contribution in [0.3, 0.4) is 0 Å². The summed E-state index contributed by atoms with van der Waals surface area (Å²) in [5.41, 5.74) is 0. The number of carbonyl (C=O) groups is 1. The molecule has 0 aromatic carbocycles. The van der Waals surface area contributed by atoms with Gasteiger partial charge in [0.05, 0.1) is 6.61 Å². The quantitative estimate of drug-likeness (QED) is 0.619. The van der Waals surface area contributed by atoms with Crippen molar-refractivity contribution >= 4 is 5.97 Å². The standard InChI is InChI=1S/C11H22O3/c1-8(2)5-10(11(12)13)7-14-6-9(3)4/h8-10H,5-7H2,1-4H3,(H,12,13)/p-1. The minimum Gasteiger partial charge on any atom is -0.550 e. The second-order valence-electron chi connectivity index (χ2n) is 4.58. The van der Waals surface area contributed by atoms with Crippen molar-refractivity contribution in [3.8, 4) is 0 Å². The van der Waals surface area contributed by atoms with Crippen LogP contribution in [0.5, 0.6) is 0 Å². The molecule has 0 radical (unpaired) electrons. The molecule has 0 N–H and O–H groups in total. The van der Waals surface area contributed by atoms with Crippen molar-refractivity contribution in [3.05, 3.63) is 0 Å². The van der Waals surface area contributed by atoms with Gasteiger partial charge >= 0.3 is 0 Å². The Balaban J connectivity index is 3.80. The Kier molecular flexibility index (Phi) is 6.54. The van der Waals surface area contributed by atoms with E-state index in [1.165, 1.54) is 0 Å². The number of hydrogen-bond acceptors (Lipinski definition) is 3. The van der Waals surface area contributed by atoms with Gasteiger partial charge in [0.1, 0.15) is 0 Å². The maximum absolute atomic E-state index is 10.7. The molecule has 84 valence electrons. The van der Waals surface area contributed by atoms with Crippen LogP contribution >= 0.6 is 0 Å². The van der Waals surface area contributed by atoms with Crippen molar-refractivity contribution in [1.29, 1.82) is 0 Å². The van der Waals surface area contributed by atoms with Crippen LogP contribution in [0.1, 0.15) is 34.1 Å². The normalized spacial score (nSPS) is 13.6. The molecular formula is C11H21O3-. The first-order chi connectivity index (χ1) is 6.43. The summed E-state index contributed by atoms with van der Waals surface area (Å²) in [6.07, 6.45) is 0.625. The predicted molar refractivity (Wildman–Crippen MR) is 53.6 cm³/mol. The number of aliphatic carboxylic acids is 1. The smallest absolute Gasteiger partial charge is 0.0546 e. The van der Waals surface area contributed by atoms with Crippen LogP contribution in [-0.4, -0.2) is 19.2 Å². The number of rotatable bonds is 7. The molecule has 0 amide bonds. The van der Waals surface area contributed by atoms with Gasteiger partial charge in [-0.15, -0.1) is 0 Å². The highest BCUT2D eigenvalue weighted by atomic mass is 16.5. The number of hydrogen-bond donors (Lipinski definition) is 0. The summed E-state index contributed by atoms with van der Waals surface area (Å²) < 4.78 is 5.30. The molecule has 0 rings (SSSR count). The Hall–Kier alpha value is -0.570. The molecule has 3 nitrogen and oxygen atoms in total. The number of carboxylic acid groups (broad SMARTS) is 1. The van der Waals surface area contributed by atoms with Crippen molar-refractivity contribution in [1.82, 2.24) is 0 Å². The van der Waals surface area contributed by atoms with E-state index in [1.54, 1.807) is 0 Å². The van der Waals surface area contributed by atoms with E-state index in [0.29, 0.717) is 24.9 Å². The minimum atomic E-state index is -0.998. The van der Waals surface area contributed by atoms with Gasteiger partial charge in [0.2, 0.25) is 0 Å². The first-order valence-electron chi connectivity index (χ1n) is 5.22. The lowest BCUT2D eigenvalue weighted by Gasteiger charge is -2.20. The monoisotopic (exact) mass is 201 g/mol. The molecule has 1 atom stereocenters. The van der Waals surface area contributed by atoms with Crippen LogP contribution in [0.4, 0.5) is 0 Å². The van der Waals surface area contributed by atoms with Crippen molar-refractivity contribution in [3.63, 3.8) is 0 Å². The maximum atomic E-state index is 10.7. The van der Waals surface area contributed by atoms with Crippen molar-refractivity contribution < 1.29 is 14.6 Å². The van der Waals surface area contributed by atoms with E-state index in [9.17, 15) is 9.90 Å². The summed E-state index contributed by atoms with van der Waals surface area (Å²) in [6.45, 7) is 8.96. The third-order valence-electron chi connectivity index (χ3n) is 1.86. The van der Waals surface area contributed by atoms with Gasteiger partial charge in [-0.2, -0.15) is 0 Å². The Bertz CT molecular complexity index is 164. The zero-order valence-electron chi connectivity index (χ0n) is 9.58. The molecule has 0 heterocycles. The molecule has 0 aliphatic carbocycles. The third-order valence-corrected chi connectivity index (χ3v) is 1.86. The van der Waals surface area contributed by atoms with E-state index in [0.717, 1.165) is 0 Å². The zero-order chi connectivity index (χ0) is 11.1. The Morgan fingerprint density at radius 2 is 1.71 bits per heavy atom. The second kappa shape index (κ2) is 6.82. The lowest BCUT2D eigenvalue weighted by molar-refractivity contribution is -0.313. The molecule has 0 saturated carbocycles. The van der Waals surface area contributed by atoms with Crippen molar-refractivity contribution in [2.75, 3.05) is 13.2 Å². The van der Waals surface area contributed by atoms with Crippen molar-refractivity contribution in [2.24, 2.45) is 17.8 Å². The Morgan fingerprint density at radius 1 is 1.14 bits per heavy atom. The highest BCUT2D eigenvalue weighted by molar-refractivity contribution is 5.67. The largest absolute Gasteiger partial charge is 0.550 e. The summed E-state index contributed by atoms with van der Waals surface area (Å²) in [4.78, 5) is 10.7. The van der Waals surface area contributed by atoms with E-state index in [2.05, 4.69) is 0 Å². The summed E-state index contributed by atoms with van der Waals surface area (Å²) in [6, 6.07) is 0. The number of carboxylic acids is 1. The fourth-order valence-electron chi connectivity index (χ4n) is 1.25. The van der Waals surface area contributed by atoms with Crippen LogP contribution in [0.25, 0.3) is 0 Å². The first kappa shape index (κ1) is 13.4. The van der Waals surface area contributed by atoms with E-state index in [-0.39, 0.29) is 6.61 Å². The Labute approximate surface area is 86.5 Å². The summed E-state index contributed by atoms with van der Waals surface area (Å²) >= 11 is 0. The molecule has 0 spiro atoms. The van der Waals surface area contributed by atoms with Gasteiger partial charge in [-0.3, -0.25) is 0 Å². The van der Waals surface area contributed by atoms with E-state index in [1.807, 2.05) is 27.7 Å². The van der Waals surface area contributed by atoms with E-state index < -0.39 is 11.9 Å². The van der Waals surface area contributed by atoms with Crippen LogP contribution in [0.15, 0.2) is 0 Å². The average Bonchev–Trinajstić information content (AvgIpc) is 2.00. The molecule has 0 aliphatic rings. The minimum absolute atomic E-state index is 0.276. The average molecular weight is 201 g/mol. The molecule has 0 aromatic heterocycles. The molecule has 14 heavy (non-hydrogen) atoms. The molecule has 0 saturated heterocycles. The highest BCUT2D eigenvalue weighted by Crippen LogP contribution is 2.11. The topological polar surface area (TPSA) is 49.4 Å². The lowest BCUT2D eigenvalue weighted by atomic mass is 9.98. The highest BCUT2D eigenvalue weighted by Gasteiger charge is 2.12. The van der Waals surface area contributed by atoms with Crippen LogP contribution < -0.4 is 5.11 Å². The molecule has 1 unspecified atom stereocenters. The second-order valence-corrected chi connectivity index (χ2v) is 4.58. The van der Waals surface area contributed by atoms with E-state index in [4.69, 9.17) is 4.74 Å². The van der Waals surface area contributed by atoms with Gasteiger partial charge < -0.3 is 14.6 Å². The summed E-state index contributed by atoms with van der Waals surface area (Å²) in [5.74, 6) is -0.659. The predicted octanol–water partition coefficient (Wildman–Crippen LogP) is 1.07. The Morgan fingerprint density at radius 3 is 2.07 bits per heavy atom. The van der Waals surface area contributed by atoms with Crippen LogP contribution in [-0.2, 0) is 9.53 Å². The number of carbonyl (C=O) groups excluding carboxylic acids is 1. The van der Waals surface area contributed by atoms with E-state index >= 15 is 0 Å². The summed E-state index contributed by atoms with van der Waals surface area (Å²) in [5, 5.41) is 10.7. The van der Waals surface area contributed by atoms with Crippen LogP contribution in [0, 0.1) is 17.8 Å². The fraction of sp³-hybridized carbons (Fsp3) is 0.909. The SMILES string of the molecule is CC(C)COCC(CC(C)C)C(=O)[O-]. The molecule has 0 aromatic rings. The van der Waals surface area contributed by atoms with Gasteiger partial charge in [0, 0.05) is 18.5 Å². The molecule has 0 bridgehead atoms. The molecule has 3 heteroatoms. The van der Waals surface area contributed by atoms with Gasteiger partial charge in [-0.25, -0.2) is 0 Å². The maximum Gasteiger partial charge on any atom is 0.0546 e. The summed E-state index contributed by atoms with van der Waals surface area (Å²) in [7, 11) is 0. The lowest BCUT2D eigenvalue weighted by Crippen LogP contribution is -2.35. The van der Waals surface area contributed by atoms with Gasteiger partial charge in [0.25, 0.3) is 0 Å². The molecular weight excluding hydrogens is 180 g/mol.